The summed E-state index contributed by atoms with van der Waals surface area (Å²) in [6.07, 6.45) is 1.35. The minimum Gasteiger partial charge on any atom is -0.476 e. The zero-order chi connectivity index (χ0) is 15.4. The normalized spacial score (nSPS) is 10.7. The van der Waals surface area contributed by atoms with E-state index < -0.39 is 5.97 Å². The molecule has 2 N–H and O–H groups in total. The van der Waals surface area contributed by atoms with Crippen LogP contribution in [0.25, 0.3) is 0 Å². The van der Waals surface area contributed by atoms with E-state index in [0.717, 1.165) is 0 Å². The number of hydrogen-bond donors (Lipinski definition) is 2. The fourth-order valence-corrected chi connectivity index (χ4v) is 1.74. The standard InChI is InChI=1S/C15H16N2O4/c1-9(2)14-16-7-12(13(17-14)15(19)20)21-11-6-4-3-5-10(11)8-18/h3-7,9,18H,8H2,1-2H3,(H,19,20). The van der Waals surface area contributed by atoms with Crippen LogP contribution in [-0.2, 0) is 6.61 Å². The highest BCUT2D eigenvalue weighted by Gasteiger charge is 2.18. The number of aliphatic hydroxyl groups excluding tert-OH is 1. The number of carbonyl (C=O) groups is 1. The van der Waals surface area contributed by atoms with Crippen molar-refractivity contribution in [2.24, 2.45) is 0 Å². The maximum atomic E-state index is 11.3. The molecule has 0 amide bonds. The Morgan fingerprint density at radius 1 is 1.29 bits per heavy atom. The van der Waals surface area contributed by atoms with E-state index in [0.29, 0.717) is 17.1 Å². The predicted molar refractivity (Wildman–Crippen MR) is 75.5 cm³/mol. The van der Waals surface area contributed by atoms with Crippen molar-refractivity contribution in [2.45, 2.75) is 26.4 Å². The number of carboxylic acid groups (broad SMARTS) is 1. The maximum Gasteiger partial charge on any atom is 0.358 e. The van der Waals surface area contributed by atoms with Crippen LogP contribution in [0.4, 0.5) is 0 Å². The largest absolute Gasteiger partial charge is 0.476 e. The van der Waals surface area contributed by atoms with E-state index in [1.807, 2.05) is 13.8 Å². The molecule has 110 valence electrons. The Morgan fingerprint density at radius 3 is 2.62 bits per heavy atom. The van der Waals surface area contributed by atoms with Crippen LogP contribution < -0.4 is 4.74 Å². The van der Waals surface area contributed by atoms with Gasteiger partial charge in [0.2, 0.25) is 0 Å². The molecule has 1 aromatic carbocycles. The number of benzene rings is 1. The van der Waals surface area contributed by atoms with Crippen LogP contribution in [0.1, 0.15) is 41.6 Å². The van der Waals surface area contributed by atoms with E-state index in [9.17, 15) is 15.0 Å². The second kappa shape index (κ2) is 6.32. The fraction of sp³-hybridized carbons (Fsp3) is 0.267. The van der Waals surface area contributed by atoms with E-state index in [4.69, 9.17) is 4.74 Å². The average Bonchev–Trinajstić information content (AvgIpc) is 2.47. The van der Waals surface area contributed by atoms with Crippen molar-refractivity contribution in [3.63, 3.8) is 0 Å². The zero-order valence-corrected chi connectivity index (χ0v) is 11.8. The van der Waals surface area contributed by atoms with Crippen LogP contribution >= 0.6 is 0 Å². The molecule has 0 aliphatic carbocycles. The molecule has 0 unspecified atom stereocenters. The SMILES string of the molecule is CC(C)c1ncc(Oc2ccccc2CO)c(C(=O)O)n1. The number of hydrogen-bond acceptors (Lipinski definition) is 5. The third-order valence-electron chi connectivity index (χ3n) is 2.86. The Morgan fingerprint density at radius 2 is 2.00 bits per heavy atom. The predicted octanol–water partition coefficient (Wildman–Crippen LogP) is 2.58. The van der Waals surface area contributed by atoms with Crippen molar-refractivity contribution in [1.29, 1.82) is 0 Å². The first kappa shape index (κ1) is 14.9. The summed E-state index contributed by atoms with van der Waals surface area (Å²) in [5.74, 6) is -0.302. The second-order valence-corrected chi connectivity index (χ2v) is 4.77. The molecule has 2 aromatic rings. The minimum atomic E-state index is -1.18. The van der Waals surface area contributed by atoms with Crippen LogP contribution in [0.15, 0.2) is 30.5 Å². The zero-order valence-electron chi connectivity index (χ0n) is 11.8. The Labute approximate surface area is 122 Å². The van der Waals surface area contributed by atoms with Gasteiger partial charge in [0.05, 0.1) is 12.8 Å². The lowest BCUT2D eigenvalue weighted by Crippen LogP contribution is -2.09. The van der Waals surface area contributed by atoms with E-state index in [2.05, 4.69) is 9.97 Å². The van der Waals surface area contributed by atoms with Gasteiger partial charge in [0, 0.05) is 11.5 Å². The van der Waals surface area contributed by atoms with E-state index >= 15 is 0 Å². The summed E-state index contributed by atoms with van der Waals surface area (Å²) >= 11 is 0. The van der Waals surface area contributed by atoms with Gasteiger partial charge in [0.25, 0.3) is 0 Å². The number of aromatic carboxylic acids is 1. The molecule has 6 nitrogen and oxygen atoms in total. The van der Waals surface area contributed by atoms with Crippen LogP contribution in [0.2, 0.25) is 0 Å². The van der Waals surface area contributed by atoms with Crippen molar-refractivity contribution < 1.29 is 19.7 Å². The Hall–Kier alpha value is -2.47. The van der Waals surface area contributed by atoms with Gasteiger partial charge < -0.3 is 14.9 Å². The number of ether oxygens (including phenoxy) is 1. The minimum absolute atomic E-state index is 0.0156. The first-order valence-electron chi connectivity index (χ1n) is 6.49. The summed E-state index contributed by atoms with van der Waals surface area (Å²) in [5.41, 5.74) is 0.364. The lowest BCUT2D eigenvalue weighted by Gasteiger charge is -2.12. The topological polar surface area (TPSA) is 92.5 Å². The molecule has 0 fully saturated rings. The van der Waals surface area contributed by atoms with Crippen molar-refractivity contribution >= 4 is 5.97 Å². The Bertz CT molecular complexity index is 656. The molecular weight excluding hydrogens is 272 g/mol. The number of para-hydroxylation sites is 1. The smallest absolute Gasteiger partial charge is 0.358 e. The summed E-state index contributed by atoms with van der Waals surface area (Å²) in [6, 6.07) is 6.83. The van der Waals surface area contributed by atoms with Crippen molar-refractivity contribution in [3.05, 3.63) is 47.5 Å². The molecule has 1 heterocycles. The van der Waals surface area contributed by atoms with Crippen molar-refractivity contribution in [1.82, 2.24) is 9.97 Å². The molecular formula is C15H16N2O4. The quantitative estimate of drug-likeness (QED) is 0.878. The molecule has 0 spiro atoms. The summed E-state index contributed by atoms with van der Waals surface area (Å²) in [6.45, 7) is 3.55. The van der Waals surface area contributed by atoms with Crippen LogP contribution in [0.5, 0.6) is 11.5 Å². The van der Waals surface area contributed by atoms with Gasteiger partial charge in [-0.15, -0.1) is 0 Å². The van der Waals surface area contributed by atoms with Gasteiger partial charge in [0.1, 0.15) is 11.6 Å². The van der Waals surface area contributed by atoms with E-state index in [1.165, 1.54) is 6.20 Å². The fourth-order valence-electron chi connectivity index (χ4n) is 1.74. The number of rotatable bonds is 5. The number of aromatic nitrogens is 2. The highest BCUT2D eigenvalue weighted by molar-refractivity contribution is 5.88. The van der Waals surface area contributed by atoms with E-state index in [1.54, 1.807) is 24.3 Å². The third-order valence-corrected chi connectivity index (χ3v) is 2.86. The van der Waals surface area contributed by atoms with Crippen molar-refractivity contribution in [2.75, 3.05) is 0 Å². The lowest BCUT2D eigenvalue weighted by atomic mass is 10.2. The molecule has 0 aliphatic heterocycles. The maximum absolute atomic E-state index is 11.3. The van der Waals surface area contributed by atoms with E-state index in [-0.39, 0.29) is 24.0 Å². The molecule has 1 aromatic heterocycles. The molecule has 0 radical (unpaired) electrons. The van der Waals surface area contributed by atoms with Crippen LogP contribution in [-0.4, -0.2) is 26.2 Å². The van der Waals surface area contributed by atoms with Crippen molar-refractivity contribution in [3.8, 4) is 11.5 Å². The highest BCUT2D eigenvalue weighted by atomic mass is 16.5. The van der Waals surface area contributed by atoms with Gasteiger partial charge in [-0.05, 0) is 6.07 Å². The monoisotopic (exact) mass is 288 g/mol. The average molecular weight is 288 g/mol. The summed E-state index contributed by atoms with van der Waals surface area (Å²) in [7, 11) is 0. The summed E-state index contributed by atoms with van der Waals surface area (Å²) < 4.78 is 5.56. The molecule has 6 heteroatoms. The molecule has 0 aliphatic rings. The molecule has 0 atom stereocenters. The lowest BCUT2D eigenvalue weighted by molar-refractivity contribution is 0.0686. The second-order valence-electron chi connectivity index (χ2n) is 4.77. The third kappa shape index (κ3) is 3.35. The van der Waals surface area contributed by atoms with Gasteiger partial charge in [0.15, 0.2) is 11.4 Å². The molecule has 0 bridgehead atoms. The molecule has 0 saturated heterocycles. The summed E-state index contributed by atoms with van der Waals surface area (Å²) in [4.78, 5) is 19.5. The molecule has 2 rings (SSSR count). The first-order valence-corrected chi connectivity index (χ1v) is 6.49. The number of aliphatic hydroxyl groups is 1. The Balaban J connectivity index is 2.42. The Kier molecular flexibility index (Phi) is 4.49. The van der Waals surface area contributed by atoms with Gasteiger partial charge in [-0.3, -0.25) is 0 Å². The summed E-state index contributed by atoms with van der Waals surface area (Å²) in [5, 5.41) is 18.5. The van der Waals surface area contributed by atoms with Gasteiger partial charge in [-0.2, -0.15) is 0 Å². The van der Waals surface area contributed by atoms with Crippen LogP contribution in [0.3, 0.4) is 0 Å². The van der Waals surface area contributed by atoms with Gasteiger partial charge in [-0.1, -0.05) is 32.0 Å². The van der Waals surface area contributed by atoms with Crippen LogP contribution in [0, 0.1) is 0 Å². The van der Waals surface area contributed by atoms with Gasteiger partial charge in [-0.25, -0.2) is 14.8 Å². The number of carboxylic acids is 1. The number of nitrogens with zero attached hydrogens (tertiary/aromatic N) is 2. The molecule has 21 heavy (non-hydrogen) atoms. The first-order chi connectivity index (χ1) is 10.0. The molecule has 0 saturated carbocycles. The van der Waals surface area contributed by atoms with Gasteiger partial charge >= 0.3 is 5.97 Å². The highest BCUT2D eigenvalue weighted by Crippen LogP contribution is 2.27.